The summed E-state index contributed by atoms with van der Waals surface area (Å²) in [5.74, 6) is 0.105. The van der Waals surface area contributed by atoms with Gasteiger partial charge in [0, 0.05) is 19.3 Å². The summed E-state index contributed by atoms with van der Waals surface area (Å²) in [7, 11) is 0. The third-order valence-electron chi connectivity index (χ3n) is 2.38. The summed E-state index contributed by atoms with van der Waals surface area (Å²) in [4.78, 5) is 10.6. The van der Waals surface area contributed by atoms with Crippen LogP contribution in [0.5, 0.6) is 5.75 Å². The van der Waals surface area contributed by atoms with E-state index in [1.807, 2.05) is 19.9 Å². The van der Waals surface area contributed by atoms with E-state index in [1.165, 1.54) is 0 Å². The molecule has 0 amide bonds. The van der Waals surface area contributed by atoms with Crippen molar-refractivity contribution in [2.24, 2.45) is 0 Å². The maximum atomic E-state index is 10.6. The molecule has 26 heavy (non-hydrogen) atoms. The number of aliphatic hydroxyl groups excluding tert-OH is 2. The van der Waals surface area contributed by atoms with Crippen LogP contribution >= 0.6 is 0 Å². The molecule has 150 valence electrons. The summed E-state index contributed by atoms with van der Waals surface area (Å²) in [6.07, 6.45) is 1.13. The van der Waals surface area contributed by atoms with Crippen molar-refractivity contribution in [1.82, 2.24) is 0 Å². The minimum absolute atomic E-state index is 0.0417. The molecule has 0 heterocycles. The lowest BCUT2D eigenvalue weighted by atomic mass is 10.3. The minimum atomic E-state index is -0.434. The van der Waals surface area contributed by atoms with Crippen LogP contribution in [-0.2, 0) is 19.0 Å². The highest BCUT2D eigenvalue weighted by molar-refractivity contribution is 5.83. The molecule has 0 saturated heterocycles. The summed E-state index contributed by atoms with van der Waals surface area (Å²) >= 11 is 0. The van der Waals surface area contributed by atoms with Gasteiger partial charge in [0.05, 0.1) is 39.6 Å². The van der Waals surface area contributed by atoms with Crippen LogP contribution in [0.15, 0.2) is 43.0 Å². The number of esters is 1. The molecule has 0 aliphatic rings. The van der Waals surface area contributed by atoms with Gasteiger partial charge < -0.3 is 29.2 Å². The van der Waals surface area contributed by atoms with Crippen molar-refractivity contribution in [2.45, 2.75) is 13.8 Å². The Labute approximate surface area is 156 Å². The van der Waals surface area contributed by atoms with Gasteiger partial charge in [-0.25, -0.2) is 4.79 Å². The van der Waals surface area contributed by atoms with Crippen LogP contribution < -0.4 is 4.74 Å². The Hall–Kier alpha value is -1.77. The van der Waals surface area contributed by atoms with Gasteiger partial charge in [-0.15, -0.1) is 0 Å². The molecule has 0 atom stereocenters. The third-order valence-corrected chi connectivity index (χ3v) is 2.38. The minimum Gasteiger partial charge on any atom is -0.423 e. The van der Waals surface area contributed by atoms with Crippen LogP contribution in [0, 0.1) is 0 Å². The molecule has 7 nitrogen and oxygen atoms in total. The first-order chi connectivity index (χ1) is 12.7. The molecular weight excluding hydrogens is 340 g/mol. The molecule has 0 saturated carbocycles. The average Bonchev–Trinajstić information content (AvgIpc) is 2.67. The van der Waals surface area contributed by atoms with E-state index >= 15 is 0 Å². The number of benzene rings is 1. The first kappa shape index (κ1) is 26.5. The zero-order chi connectivity index (χ0) is 19.9. The number of rotatable bonds is 11. The normalized spacial score (nSPS) is 9.23. The highest BCUT2D eigenvalue weighted by Crippen LogP contribution is 2.07. The molecule has 0 aromatic heterocycles. The van der Waals surface area contributed by atoms with Gasteiger partial charge in [-0.1, -0.05) is 24.8 Å². The van der Waals surface area contributed by atoms with Crippen LogP contribution in [-0.4, -0.2) is 69.0 Å². The van der Waals surface area contributed by atoms with E-state index in [2.05, 4.69) is 6.58 Å². The molecular formula is C19H32O7. The molecule has 0 radical (unpaired) electrons. The lowest BCUT2D eigenvalue weighted by Gasteiger charge is -2.01. The summed E-state index contributed by atoms with van der Waals surface area (Å²) in [6.45, 7) is 10.7. The van der Waals surface area contributed by atoms with Gasteiger partial charge >= 0.3 is 5.97 Å². The molecule has 0 unspecified atom stereocenters. The predicted molar refractivity (Wildman–Crippen MR) is 100 cm³/mol. The predicted octanol–water partition coefficient (Wildman–Crippen LogP) is 1.82. The van der Waals surface area contributed by atoms with E-state index in [-0.39, 0.29) is 13.2 Å². The largest absolute Gasteiger partial charge is 0.423 e. The summed E-state index contributed by atoms with van der Waals surface area (Å²) in [5, 5.41) is 16.5. The Kier molecular flexibility index (Phi) is 23.6. The van der Waals surface area contributed by atoms with Crippen LogP contribution in [0.2, 0.25) is 0 Å². The summed E-state index contributed by atoms with van der Waals surface area (Å²) < 4.78 is 19.4. The van der Waals surface area contributed by atoms with E-state index in [0.717, 1.165) is 19.3 Å². The zero-order valence-electron chi connectivity index (χ0n) is 15.8. The Bertz CT molecular complexity index is 400. The number of hydrogen-bond donors (Lipinski definition) is 2. The highest BCUT2D eigenvalue weighted by Gasteiger charge is 1.95. The Balaban J connectivity index is 0. The SMILES string of the molecule is C=CC(=O)Oc1ccccc1.CCOCC.OCCOCCOCCO. The molecule has 0 spiro atoms. The van der Waals surface area contributed by atoms with Gasteiger partial charge in [-0.3, -0.25) is 0 Å². The fourth-order valence-electron chi connectivity index (χ4n) is 1.30. The molecule has 0 bridgehead atoms. The lowest BCUT2D eigenvalue weighted by Crippen LogP contribution is -2.09. The van der Waals surface area contributed by atoms with Crippen molar-refractivity contribution in [3.63, 3.8) is 0 Å². The monoisotopic (exact) mass is 372 g/mol. The van der Waals surface area contributed by atoms with Crippen LogP contribution in [0.3, 0.4) is 0 Å². The van der Waals surface area contributed by atoms with Gasteiger partial charge in [0.25, 0.3) is 0 Å². The topological polar surface area (TPSA) is 94.5 Å². The van der Waals surface area contributed by atoms with Crippen LogP contribution in [0.25, 0.3) is 0 Å². The Morgan fingerprint density at radius 3 is 1.77 bits per heavy atom. The second kappa shape index (κ2) is 23.2. The fourth-order valence-corrected chi connectivity index (χ4v) is 1.30. The molecule has 1 rings (SSSR count). The van der Waals surface area contributed by atoms with Crippen molar-refractivity contribution in [3.05, 3.63) is 43.0 Å². The van der Waals surface area contributed by atoms with E-state index in [9.17, 15) is 4.79 Å². The maximum absolute atomic E-state index is 10.6. The van der Waals surface area contributed by atoms with Crippen LogP contribution in [0.1, 0.15) is 13.8 Å². The number of carbonyl (C=O) groups excluding carboxylic acids is 1. The van der Waals surface area contributed by atoms with E-state index in [4.69, 9.17) is 29.2 Å². The number of hydrogen-bond acceptors (Lipinski definition) is 7. The Morgan fingerprint density at radius 1 is 0.923 bits per heavy atom. The Morgan fingerprint density at radius 2 is 1.42 bits per heavy atom. The van der Waals surface area contributed by atoms with E-state index in [0.29, 0.717) is 32.2 Å². The van der Waals surface area contributed by atoms with Gasteiger partial charge in [0.2, 0.25) is 0 Å². The standard InChI is InChI=1S/C9H8O2.C6H14O4.C4H10O/c1-2-9(10)11-8-6-4-3-5-7-8;7-1-3-9-5-6-10-4-2-8;1-3-5-4-2/h2-7H,1H2;7-8H,1-6H2;3-4H2,1-2H3. The summed E-state index contributed by atoms with van der Waals surface area (Å²) in [6, 6.07) is 8.87. The highest BCUT2D eigenvalue weighted by atomic mass is 16.5. The zero-order valence-corrected chi connectivity index (χ0v) is 15.8. The van der Waals surface area contributed by atoms with Crippen molar-refractivity contribution in [3.8, 4) is 5.75 Å². The van der Waals surface area contributed by atoms with Crippen molar-refractivity contribution >= 4 is 5.97 Å². The molecule has 1 aromatic rings. The molecule has 7 heteroatoms. The fraction of sp³-hybridized carbons (Fsp3) is 0.526. The van der Waals surface area contributed by atoms with Crippen LogP contribution in [0.4, 0.5) is 0 Å². The maximum Gasteiger partial charge on any atom is 0.335 e. The summed E-state index contributed by atoms with van der Waals surface area (Å²) in [5.41, 5.74) is 0. The second-order valence-corrected chi connectivity index (χ2v) is 4.39. The van der Waals surface area contributed by atoms with Gasteiger partial charge in [-0.05, 0) is 26.0 Å². The number of aliphatic hydroxyl groups is 2. The molecule has 2 N–H and O–H groups in total. The first-order valence-corrected chi connectivity index (χ1v) is 8.50. The lowest BCUT2D eigenvalue weighted by molar-refractivity contribution is -0.128. The smallest absolute Gasteiger partial charge is 0.335 e. The molecule has 1 aromatic carbocycles. The molecule has 0 aliphatic heterocycles. The van der Waals surface area contributed by atoms with E-state index < -0.39 is 5.97 Å². The van der Waals surface area contributed by atoms with Crippen molar-refractivity contribution in [1.29, 1.82) is 0 Å². The van der Waals surface area contributed by atoms with Crippen molar-refractivity contribution < 1.29 is 34.0 Å². The van der Waals surface area contributed by atoms with E-state index in [1.54, 1.807) is 24.3 Å². The molecule has 0 aliphatic carbocycles. The second-order valence-electron chi connectivity index (χ2n) is 4.39. The number of ether oxygens (including phenoxy) is 4. The average molecular weight is 372 g/mol. The quantitative estimate of drug-likeness (QED) is 0.265. The number of carbonyl (C=O) groups is 1. The van der Waals surface area contributed by atoms with Crippen molar-refractivity contribution in [2.75, 3.05) is 52.9 Å². The van der Waals surface area contributed by atoms with Gasteiger partial charge in [0.1, 0.15) is 5.75 Å². The first-order valence-electron chi connectivity index (χ1n) is 8.50. The third kappa shape index (κ3) is 22.2. The number of para-hydroxylation sites is 1. The molecule has 0 fully saturated rings. The van der Waals surface area contributed by atoms with Gasteiger partial charge in [-0.2, -0.15) is 0 Å². The van der Waals surface area contributed by atoms with Gasteiger partial charge in [0.15, 0.2) is 0 Å².